The summed E-state index contributed by atoms with van der Waals surface area (Å²) in [4.78, 5) is 2.69. The molecule has 3 rings (SSSR count). The molecule has 0 bridgehead atoms. The topological polar surface area (TPSA) is 15.3 Å². The number of nitrogens with one attached hydrogen (secondary N) is 1. The highest BCUT2D eigenvalue weighted by Gasteiger charge is 2.45. The van der Waals surface area contributed by atoms with Crippen LogP contribution in [0.25, 0.3) is 0 Å². The summed E-state index contributed by atoms with van der Waals surface area (Å²) in [6.45, 7) is 8.36. The van der Waals surface area contributed by atoms with Crippen LogP contribution in [-0.4, -0.2) is 36.1 Å². The second-order valence-corrected chi connectivity index (χ2v) is 7.05. The quantitative estimate of drug-likeness (QED) is 0.899. The Morgan fingerprint density at radius 1 is 1.50 bits per heavy atom. The van der Waals surface area contributed by atoms with Gasteiger partial charge in [0.1, 0.15) is 0 Å². The fourth-order valence-corrected chi connectivity index (χ4v) is 3.85. The normalized spacial score (nSPS) is 33.8. The molecule has 2 nitrogen and oxygen atoms in total. The maximum absolute atomic E-state index is 3.79. The highest BCUT2D eigenvalue weighted by atomic mass is 32.1. The standard InChI is InChI=1S/C15H24N2S/c1-12-9-16-15(2,14-3-4-14)11-17(12)7-5-13-6-8-18-10-13/h6,8,10,12,14,16H,3-5,7,9,11H2,1-2H3. The van der Waals surface area contributed by atoms with Crippen molar-refractivity contribution in [2.24, 2.45) is 5.92 Å². The third-order valence-corrected chi connectivity index (χ3v) is 5.43. The van der Waals surface area contributed by atoms with Gasteiger partial charge in [-0.25, -0.2) is 0 Å². The molecule has 1 aliphatic carbocycles. The number of nitrogens with zero attached hydrogens (tertiary/aromatic N) is 1. The van der Waals surface area contributed by atoms with Gasteiger partial charge >= 0.3 is 0 Å². The summed E-state index contributed by atoms with van der Waals surface area (Å²) in [7, 11) is 0. The molecule has 1 saturated carbocycles. The van der Waals surface area contributed by atoms with Crippen LogP contribution in [0.3, 0.4) is 0 Å². The van der Waals surface area contributed by atoms with Crippen molar-refractivity contribution in [1.82, 2.24) is 10.2 Å². The molecule has 1 aliphatic heterocycles. The molecular weight excluding hydrogens is 240 g/mol. The average molecular weight is 264 g/mol. The predicted octanol–water partition coefficient (Wildman–Crippen LogP) is 2.75. The van der Waals surface area contributed by atoms with Crippen LogP contribution in [0.15, 0.2) is 16.8 Å². The Balaban J connectivity index is 1.59. The molecule has 2 unspecified atom stereocenters. The maximum atomic E-state index is 3.79. The Morgan fingerprint density at radius 3 is 3.00 bits per heavy atom. The Bertz CT molecular complexity index is 385. The van der Waals surface area contributed by atoms with E-state index < -0.39 is 0 Å². The van der Waals surface area contributed by atoms with Crippen LogP contribution in [0.4, 0.5) is 0 Å². The number of piperazine rings is 1. The van der Waals surface area contributed by atoms with Gasteiger partial charge in [-0.2, -0.15) is 11.3 Å². The van der Waals surface area contributed by atoms with E-state index in [0.717, 1.165) is 12.5 Å². The number of hydrogen-bond acceptors (Lipinski definition) is 3. The molecule has 18 heavy (non-hydrogen) atoms. The van der Waals surface area contributed by atoms with Crippen molar-refractivity contribution in [3.63, 3.8) is 0 Å². The second-order valence-electron chi connectivity index (χ2n) is 6.27. The third kappa shape index (κ3) is 2.63. The van der Waals surface area contributed by atoms with Crippen molar-refractivity contribution in [1.29, 1.82) is 0 Å². The van der Waals surface area contributed by atoms with Crippen LogP contribution in [-0.2, 0) is 6.42 Å². The fourth-order valence-electron chi connectivity index (χ4n) is 3.14. The molecule has 2 fully saturated rings. The van der Waals surface area contributed by atoms with Crippen LogP contribution in [0.5, 0.6) is 0 Å². The minimum atomic E-state index is 0.376. The first kappa shape index (κ1) is 12.6. The molecule has 0 aromatic carbocycles. The summed E-state index contributed by atoms with van der Waals surface area (Å²) >= 11 is 1.81. The van der Waals surface area contributed by atoms with E-state index in [-0.39, 0.29) is 0 Å². The molecule has 100 valence electrons. The summed E-state index contributed by atoms with van der Waals surface area (Å²) in [5.41, 5.74) is 1.88. The van der Waals surface area contributed by atoms with Crippen LogP contribution >= 0.6 is 11.3 Å². The molecule has 2 atom stereocenters. The lowest BCUT2D eigenvalue weighted by molar-refractivity contribution is 0.0845. The molecule has 0 radical (unpaired) electrons. The zero-order valence-corrected chi connectivity index (χ0v) is 12.3. The van der Waals surface area contributed by atoms with Crippen LogP contribution in [0, 0.1) is 5.92 Å². The van der Waals surface area contributed by atoms with Crippen molar-refractivity contribution in [2.45, 2.75) is 44.7 Å². The lowest BCUT2D eigenvalue weighted by Crippen LogP contribution is -2.63. The third-order valence-electron chi connectivity index (χ3n) is 4.70. The summed E-state index contributed by atoms with van der Waals surface area (Å²) < 4.78 is 0. The van der Waals surface area contributed by atoms with Crippen molar-refractivity contribution in [3.8, 4) is 0 Å². The molecule has 3 heteroatoms. The van der Waals surface area contributed by atoms with Crippen LogP contribution < -0.4 is 5.32 Å². The van der Waals surface area contributed by atoms with Gasteiger partial charge in [0.25, 0.3) is 0 Å². The van der Waals surface area contributed by atoms with Gasteiger partial charge in [-0.1, -0.05) is 0 Å². The minimum absolute atomic E-state index is 0.376. The smallest absolute Gasteiger partial charge is 0.0309 e. The zero-order valence-electron chi connectivity index (χ0n) is 11.5. The SMILES string of the molecule is CC1CNC(C)(C2CC2)CN1CCc1ccsc1. The van der Waals surface area contributed by atoms with Gasteiger partial charge in [0, 0.05) is 31.2 Å². The van der Waals surface area contributed by atoms with Gasteiger partial charge in [0.15, 0.2) is 0 Å². The van der Waals surface area contributed by atoms with Crippen molar-refractivity contribution in [2.75, 3.05) is 19.6 Å². The van der Waals surface area contributed by atoms with Crippen LogP contribution in [0.1, 0.15) is 32.3 Å². The monoisotopic (exact) mass is 264 g/mol. The van der Waals surface area contributed by atoms with E-state index in [9.17, 15) is 0 Å². The molecule has 2 heterocycles. The second kappa shape index (κ2) is 4.95. The van der Waals surface area contributed by atoms with E-state index in [0.29, 0.717) is 11.6 Å². The highest BCUT2D eigenvalue weighted by molar-refractivity contribution is 7.07. The molecule has 1 aromatic heterocycles. The van der Waals surface area contributed by atoms with E-state index in [2.05, 4.69) is 40.9 Å². The first-order chi connectivity index (χ1) is 8.67. The zero-order chi connectivity index (χ0) is 12.6. The van der Waals surface area contributed by atoms with E-state index in [1.165, 1.54) is 37.9 Å². The van der Waals surface area contributed by atoms with Gasteiger partial charge in [-0.05, 0) is 61.4 Å². The van der Waals surface area contributed by atoms with E-state index in [1.807, 2.05) is 11.3 Å². The maximum Gasteiger partial charge on any atom is 0.0309 e. The average Bonchev–Trinajstić information content (AvgIpc) is 3.10. The summed E-state index contributed by atoms with van der Waals surface area (Å²) in [6.07, 6.45) is 4.06. The Labute approximate surface area is 114 Å². The highest BCUT2D eigenvalue weighted by Crippen LogP contribution is 2.41. The first-order valence-corrected chi connectivity index (χ1v) is 8.12. The molecule has 0 spiro atoms. The van der Waals surface area contributed by atoms with E-state index in [1.54, 1.807) is 0 Å². The lowest BCUT2D eigenvalue weighted by atomic mass is 9.91. The summed E-state index contributed by atoms with van der Waals surface area (Å²) in [6, 6.07) is 2.94. The van der Waals surface area contributed by atoms with E-state index in [4.69, 9.17) is 0 Å². The van der Waals surface area contributed by atoms with Gasteiger partial charge in [0.05, 0.1) is 0 Å². The predicted molar refractivity (Wildman–Crippen MR) is 78.2 cm³/mol. The molecule has 2 aliphatic rings. The van der Waals surface area contributed by atoms with Gasteiger partial charge in [-0.3, -0.25) is 4.90 Å². The van der Waals surface area contributed by atoms with Gasteiger partial charge in [-0.15, -0.1) is 0 Å². The number of thiophene rings is 1. The Morgan fingerprint density at radius 2 is 2.33 bits per heavy atom. The lowest BCUT2D eigenvalue weighted by Gasteiger charge is -2.45. The Hall–Kier alpha value is -0.380. The van der Waals surface area contributed by atoms with Gasteiger partial charge < -0.3 is 5.32 Å². The Kier molecular flexibility index (Phi) is 3.48. The summed E-state index contributed by atoms with van der Waals surface area (Å²) in [5.74, 6) is 0.925. The van der Waals surface area contributed by atoms with Crippen LogP contribution in [0.2, 0.25) is 0 Å². The van der Waals surface area contributed by atoms with Gasteiger partial charge in [0.2, 0.25) is 0 Å². The molecule has 1 aromatic rings. The molecule has 0 amide bonds. The molecule has 1 N–H and O–H groups in total. The molecular formula is C15H24N2S. The van der Waals surface area contributed by atoms with E-state index >= 15 is 0 Å². The summed E-state index contributed by atoms with van der Waals surface area (Å²) in [5, 5.41) is 8.26. The van der Waals surface area contributed by atoms with Crippen molar-refractivity contribution < 1.29 is 0 Å². The minimum Gasteiger partial charge on any atom is -0.308 e. The first-order valence-electron chi connectivity index (χ1n) is 7.17. The largest absolute Gasteiger partial charge is 0.308 e. The fraction of sp³-hybridized carbons (Fsp3) is 0.733. The molecule has 1 saturated heterocycles. The van der Waals surface area contributed by atoms with Crippen molar-refractivity contribution >= 4 is 11.3 Å². The number of hydrogen-bond donors (Lipinski definition) is 1. The van der Waals surface area contributed by atoms with Crippen molar-refractivity contribution in [3.05, 3.63) is 22.4 Å². The number of rotatable bonds is 4.